The predicted molar refractivity (Wildman–Crippen MR) is 94.0 cm³/mol. The molecule has 0 spiro atoms. The van der Waals surface area contributed by atoms with Gasteiger partial charge in [-0.25, -0.2) is 17.5 Å². The molecular formula is C17H19FN2O5S. The van der Waals surface area contributed by atoms with Crippen LogP contribution >= 0.6 is 0 Å². The topological polar surface area (TPSA) is 93.7 Å². The Morgan fingerprint density at radius 3 is 2.35 bits per heavy atom. The molecule has 0 aromatic heterocycles. The Bertz CT molecular complexity index is 823. The molecule has 0 saturated heterocycles. The van der Waals surface area contributed by atoms with Gasteiger partial charge in [0.15, 0.2) is 6.61 Å². The third kappa shape index (κ3) is 6.10. The van der Waals surface area contributed by atoms with Crippen LogP contribution in [-0.4, -0.2) is 41.2 Å². The summed E-state index contributed by atoms with van der Waals surface area (Å²) in [6.07, 6.45) is 0. The number of halogens is 1. The zero-order chi connectivity index (χ0) is 19.0. The van der Waals surface area contributed by atoms with Crippen LogP contribution in [0.1, 0.15) is 0 Å². The third-order valence-electron chi connectivity index (χ3n) is 3.23. The molecule has 2 aromatic carbocycles. The van der Waals surface area contributed by atoms with Crippen LogP contribution in [0.5, 0.6) is 5.75 Å². The van der Waals surface area contributed by atoms with E-state index in [-0.39, 0.29) is 24.7 Å². The number of nitrogens with one attached hydrogen (secondary N) is 2. The second kappa shape index (κ2) is 9.27. The second-order valence-electron chi connectivity index (χ2n) is 5.21. The van der Waals surface area contributed by atoms with Gasteiger partial charge in [0.1, 0.15) is 11.6 Å². The Balaban J connectivity index is 1.86. The Morgan fingerprint density at radius 1 is 1.08 bits per heavy atom. The van der Waals surface area contributed by atoms with E-state index in [4.69, 9.17) is 9.47 Å². The molecule has 0 heterocycles. The van der Waals surface area contributed by atoms with Gasteiger partial charge in [0, 0.05) is 19.3 Å². The van der Waals surface area contributed by atoms with Crippen LogP contribution in [-0.2, 0) is 19.6 Å². The smallest absolute Gasteiger partial charge is 0.262 e. The van der Waals surface area contributed by atoms with Crippen molar-refractivity contribution in [3.05, 3.63) is 54.3 Å². The number of carbonyl (C=O) groups is 1. The summed E-state index contributed by atoms with van der Waals surface area (Å²) in [6, 6.07) is 11.0. The minimum atomic E-state index is -3.62. The minimum Gasteiger partial charge on any atom is -0.484 e. The molecule has 2 rings (SSSR count). The first kappa shape index (κ1) is 19.8. The average Bonchev–Trinajstić information content (AvgIpc) is 2.62. The van der Waals surface area contributed by atoms with Gasteiger partial charge in [0.05, 0.1) is 11.5 Å². The van der Waals surface area contributed by atoms with Crippen LogP contribution in [0, 0.1) is 5.82 Å². The Morgan fingerprint density at radius 2 is 1.73 bits per heavy atom. The third-order valence-corrected chi connectivity index (χ3v) is 4.71. The SMILES string of the molecule is COCCNS(=O)(=O)c1ccc(OCC(=O)Nc2ccc(F)cc2)cc1. The quantitative estimate of drug-likeness (QED) is 0.645. The molecule has 0 aliphatic heterocycles. The largest absolute Gasteiger partial charge is 0.484 e. The maximum absolute atomic E-state index is 12.8. The lowest BCUT2D eigenvalue weighted by Gasteiger charge is -2.09. The van der Waals surface area contributed by atoms with Crippen molar-refractivity contribution >= 4 is 21.6 Å². The highest BCUT2D eigenvalue weighted by atomic mass is 32.2. The van der Waals surface area contributed by atoms with E-state index in [1.54, 1.807) is 0 Å². The highest BCUT2D eigenvalue weighted by Crippen LogP contribution is 2.16. The number of carbonyl (C=O) groups excluding carboxylic acids is 1. The highest BCUT2D eigenvalue weighted by Gasteiger charge is 2.13. The summed E-state index contributed by atoms with van der Waals surface area (Å²) in [5.41, 5.74) is 0.448. The van der Waals surface area contributed by atoms with Crippen molar-refractivity contribution in [2.45, 2.75) is 4.90 Å². The molecule has 0 aliphatic carbocycles. The van der Waals surface area contributed by atoms with Crippen molar-refractivity contribution in [3.63, 3.8) is 0 Å². The van der Waals surface area contributed by atoms with E-state index in [9.17, 15) is 17.6 Å². The molecule has 0 bridgehead atoms. The van der Waals surface area contributed by atoms with Crippen molar-refractivity contribution < 1.29 is 27.1 Å². The molecule has 9 heteroatoms. The predicted octanol–water partition coefficient (Wildman–Crippen LogP) is 1.77. The van der Waals surface area contributed by atoms with Crippen molar-refractivity contribution in [2.75, 3.05) is 32.2 Å². The molecular weight excluding hydrogens is 363 g/mol. The molecule has 0 radical (unpaired) electrons. The standard InChI is InChI=1S/C17H19FN2O5S/c1-24-11-10-19-26(22,23)16-8-6-15(7-9-16)25-12-17(21)20-14-4-2-13(18)3-5-14/h2-9,19H,10-12H2,1H3,(H,20,21). The first-order chi connectivity index (χ1) is 12.4. The number of benzene rings is 2. The first-order valence-electron chi connectivity index (χ1n) is 7.67. The second-order valence-corrected chi connectivity index (χ2v) is 6.97. The van der Waals surface area contributed by atoms with E-state index in [0.717, 1.165) is 0 Å². The van der Waals surface area contributed by atoms with Crippen LogP contribution in [0.3, 0.4) is 0 Å². The Kier molecular flexibility index (Phi) is 7.07. The van der Waals surface area contributed by atoms with E-state index < -0.39 is 21.7 Å². The molecule has 7 nitrogen and oxygen atoms in total. The molecule has 2 N–H and O–H groups in total. The molecule has 0 fully saturated rings. The van der Waals surface area contributed by atoms with Crippen LogP contribution in [0.25, 0.3) is 0 Å². The number of anilines is 1. The van der Waals surface area contributed by atoms with Gasteiger partial charge in [-0.3, -0.25) is 4.79 Å². The fraction of sp³-hybridized carbons (Fsp3) is 0.235. The van der Waals surface area contributed by atoms with E-state index in [1.807, 2.05) is 0 Å². The van der Waals surface area contributed by atoms with Gasteiger partial charge in [0.25, 0.3) is 5.91 Å². The summed E-state index contributed by atoms with van der Waals surface area (Å²) in [5, 5.41) is 2.56. The van der Waals surface area contributed by atoms with E-state index >= 15 is 0 Å². The van der Waals surface area contributed by atoms with Crippen LogP contribution in [0.15, 0.2) is 53.4 Å². The number of rotatable bonds is 9. The van der Waals surface area contributed by atoms with Gasteiger partial charge in [0.2, 0.25) is 10.0 Å². The summed E-state index contributed by atoms with van der Waals surface area (Å²) >= 11 is 0. The normalized spacial score (nSPS) is 11.2. The minimum absolute atomic E-state index is 0.0803. The fourth-order valence-electron chi connectivity index (χ4n) is 1.96. The summed E-state index contributed by atoms with van der Waals surface area (Å²) < 4.78 is 49.3. The number of hydrogen-bond acceptors (Lipinski definition) is 5. The summed E-state index contributed by atoms with van der Waals surface area (Å²) in [4.78, 5) is 11.9. The van der Waals surface area contributed by atoms with Gasteiger partial charge < -0.3 is 14.8 Å². The Labute approximate surface area is 151 Å². The van der Waals surface area contributed by atoms with E-state index in [1.165, 1.54) is 55.6 Å². The first-order valence-corrected chi connectivity index (χ1v) is 9.16. The highest BCUT2D eigenvalue weighted by molar-refractivity contribution is 7.89. The van der Waals surface area contributed by atoms with E-state index in [0.29, 0.717) is 11.4 Å². The van der Waals surface area contributed by atoms with E-state index in [2.05, 4.69) is 10.0 Å². The maximum Gasteiger partial charge on any atom is 0.262 e. The van der Waals surface area contributed by atoms with Gasteiger partial charge >= 0.3 is 0 Å². The number of hydrogen-bond donors (Lipinski definition) is 2. The van der Waals surface area contributed by atoms with Gasteiger partial charge in [-0.05, 0) is 48.5 Å². The molecule has 0 atom stereocenters. The molecule has 0 unspecified atom stereocenters. The number of methoxy groups -OCH3 is 1. The number of ether oxygens (including phenoxy) is 2. The van der Waals surface area contributed by atoms with Crippen molar-refractivity contribution in [2.24, 2.45) is 0 Å². The lowest BCUT2D eigenvalue weighted by molar-refractivity contribution is -0.118. The van der Waals surface area contributed by atoms with Crippen molar-refractivity contribution in [1.29, 1.82) is 0 Å². The zero-order valence-electron chi connectivity index (χ0n) is 14.1. The monoisotopic (exact) mass is 382 g/mol. The van der Waals surface area contributed by atoms with Gasteiger partial charge in [-0.15, -0.1) is 0 Å². The zero-order valence-corrected chi connectivity index (χ0v) is 14.9. The van der Waals surface area contributed by atoms with Gasteiger partial charge in [-0.2, -0.15) is 0 Å². The van der Waals surface area contributed by atoms with Crippen LogP contribution in [0.2, 0.25) is 0 Å². The van der Waals surface area contributed by atoms with Crippen molar-refractivity contribution in [1.82, 2.24) is 4.72 Å². The molecule has 2 aromatic rings. The molecule has 1 amide bonds. The van der Waals surface area contributed by atoms with Crippen molar-refractivity contribution in [3.8, 4) is 5.75 Å². The summed E-state index contributed by atoms with van der Waals surface area (Å²) in [5.74, 6) is -0.476. The fourth-order valence-corrected chi connectivity index (χ4v) is 2.97. The van der Waals surface area contributed by atoms with Crippen LogP contribution < -0.4 is 14.8 Å². The lowest BCUT2D eigenvalue weighted by Crippen LogP contribution is -2.27. The summed E-state index contributed by atoms with van der Waals surface area (Å²) in [6.45, 7) is 0.166. The lowest BCUT2D eigenvalue weighted by atomic mass is 10.3. The molecule has 0 saturated carbocycles. The molecule has 0 aliphatic rings. The maximum atomic E-state index is 12.8. The Hall–Kier alpha value is -2.49. The molecule has 26 heavy (non-hydrogen) atoms. The summed E-state index contributed by atoms with van der Waals surface area (Å²) in [7, 11) is -2.14. The van der Waals surface area contributed by atoms with Crippen LogP contribution in [0.4, 0.5) is 10.1 Å². The average molecular weight is 382 g/mol. The van der Waals surface area contributed by atoms with Gasteiger partial charge in [-0.1, -0.05) is 0 Å². The number of sulfonamides is 1. The molecule has 140 valence electrons. The number of amides is 1.